The monoisotopic (exact) mass is 341 g/mol. The van der Waals surface area contributed by atoms with E-state index >= 15 is 0 Å². The predicted molar refractivity (Wildman–Crippen MR) is 99.0 cm³/mol. The van der Waals surface area contributed by atoms with E-state index in [9.17, 15) is 4.79 Å². The SMILES string of the molecule is CCCCCCCCCCCCCC[C@H]1OC[C@H](N)[C@@H]1OC(C)=O. The van der Waals surface area contributed by atoms with Gasteiger partial charge < -0.3 is 15.2 Å². The summed E-state index contributed by atoms with van der Waals surface area (Å²) in [6.07, 6.45) is 16.8. The first-order valence-corrected chi connectivity index (χ1v) is 10.2. The lowest BCUT2D eigenvalue weighted by atomic mass is 10.0. The zero-order chi connectivity index (χ0) is 17.6. The quantitative estimate of drug-likeness (QED) is 0.366. The molecule has 142 valence electrons. The van der Waals surface area contributed by atoms with Crippen molar-refractivity contribution in [3.8, 4) is 0 Å². The van der Waals surface area contributed by atoms with E-state index in [0.717, 1.165) is 12.8 Å². The van der Waals surface area contributed by atoms with Crippen LogP contribution in [0, 0.1) is 0 Å². The van der Waals surface area contributed by atoms with Crippen LogP contribution < -0.4 is 5.73 Å². The molecule has 0 aromatic rings. The molecule has 1 aliphatic rings. The molecule has 0 radical (unpaired) electrons. The van der Waals surface area contributed by atoms with Crippen LogP contribution in [0.3, 0.4) is 0 Å². The molecule has 0 saturated carbocycles. The Morgan fingerprint density at radius 3 is 1.96 bits per heavy atom. The Hall–Kier alpha value is -0.610. The minimum Gasteiger partial charge on any atom is -0.458 e. The van der Waals surface area contributed by atoms with Gasteiger partial charge in [0.25, 0.3) is 0 Å². The molecule has 0 amide bonds. The first-order chi connectivity index (χ1) is 11.6. The number of hydrogen-bond donors (Lipinski definition) is 1. The summed E-state index contributed by atoms with van der Waals surface area (Å²) in [5.41, 5.74) is 5.95. The Bertz CT molecular complexity index is 322. The molecule has 1 aliphatic heterocycles. The van der Waals surface area contributed by atoms with Crippen molar-refractivity contribution >= 4 is 5.97 Å². The molecule has 0 spiro atoms. The van der Waals surface area contributed by atoms with E-state index in [1.54, 1.807) is 0 Å². The predicted octanol–water partition coefficient (Wildman–Crippen LogP) is 4.74. The van der Waals surface area contributed by atoms with Crippen LogP contribution in [0.25, 0.3) is 0 Å². The van der Waals surface area contributed by atoms with Crippen LogP contribution in [0.1, 0.15) is 97.3 Å². The molecule has 0 aromatic heterocycles. The van der Waals surface area contributed by atoms with Gasteiger partial charge in [0, 0.05) is 6.92 Å². The number of carbonyl (C=O) groups excluding carboxylic acids is 1. The topological polar surface area (TPSA) is 61.6 Å². The van der Waals surface area contributed by atoms with Crippen molar-refractivity contribution in [2.24, 2.45) is 5.73 Å². The van der Waals surface area contributed by atoms with Crippen molar-refractivity contribution in [1.82, 2.24) is 0 Å². The van der Waals surface area contributed by atoms with Crippen LogP contribution in [-0.4, -0.2) is 30.8 Å². The number of unbranched alkanes of at least 4 members (excludes halogenated alkanes) is 11. The molecule has 0 unspecified atom stereocenters. The summed E-state index contributed by atoms with van der Waals surface area (Å²) in [4.78, 5) is 11.1. The summed E-state index contributed by atoms with van der Waals surface area (Å²) < 4.78 is 11.0. The average molecular weight is 342 g/mol. The molecule has 1 rings (SSSR count). The number of hydrogen-bond acceptors (Lipinski definition) is 4. The Labute approximate surface area is 148 Å². The normalized spacial score (nSPS) is 23.5. The maximum atomic E-state index is 11.1. The Kier molecular flexibility index (Phi) is 12.2. The standard InChI is InChI=1S/C20H39NO3/c1-3-4-5-6-7-8-9-10-11-12-13-14-15-19-20(24-17(2)22)18(21)16-23-19/h18-20H,3-16,21H2,1-2H3/t18-,19+,20-/m0/s1. The van der Waals surface area contributed by atoms with Crippen molar-refractivity contribution in [2.75, 3.05) is 6.61 Å². The third-order valence-corrected chi connectivity index (χ3v) is 4.94. The van der Waals surface area contributed by atoms with Gasteiger partial charge in [-0.1, -0.05) is 84.0 Å². The van der Waals surface area contributed by atoms with E-state index < -0.39 is 0 Å². The van der Waals surface area contributed by atoms with Gasteiger partial charge in [0.15, 0.2) is 0 Å². The largest absolute Gasteiger partial charge is 0.458 e. The third-order valence-electron chi connectivity index (χ3n) is 4.94. The molecule has 0 aromatic carbocycles. The van der Waals surface area contributed by atoms with Gasteiger partial charge in [-0.15, -0.1) is 0 Å². The Balaban J connectivity index is 1.92. The van der Waals surface area contributed by atoms with E-state index in [4.69, 9.17) is 15.2 Å². The zero-order valence-electron chi connectivity index (χ0n) is 15.9. The maximum Gasteiger partial charge on any atom is 0.303 e. The fraction of sp³-hybridized carbons (Fsp3) is 0.950. The van der Waals surface area contributed by atoms with Crippen LogP contribution in [0.4, 0.5) is 0 Å². The molecule has 1 heterocycles. The second kappa shape index (κ2) is 13.7. The first-order valence-electron chi connectivity index (χ1n) is 10.2. The van der Waals surface area contributed by atoms with Gasteiger partial charge in [-0.05, 0) is 6.42 Å². The molecule has 0 aliphatic carbocycles. The molecular weight excluding hydrogens is 302 g/mol. The first kappa shape index (κ1) is 21.4. The summed E-state index contributed by atoms with van der Waals surface area (Å²) in [7, 11) is 0. The number of nitrogens with two attached hydrogens (primary N) is 1. The average Bonchev–Trinajstić information content (AvgIpc) is 2.88. The lowest BCUT2D eigenvalue weighted by Crippen LogP contribution is -2.40. The van der Waals surface area contributed by atoms with E-state index in [0.29, 0.717) is 6.61 Å². The molecule has 4 heteroatoms. The van der Waals surface area contributed by atoms with E-state index in [-0.39, 0.29) is 24.2 Å². The van der Waals surface area contributed by atoms with Gasteiger partial charge in [-0.2, -0.15) is 0 Å². The number of carbonyl (C=O) groups is 1. The summed E-state index contributed by atoms with van der Waals surface area (Å²) >= 11 is 0. The van der Waals surface area contributed by atoms with E-state index in [1.807, 2.05) is 0 Å². The van der Waals surface area contributed by atoms with Gasteiger partial charge in [0.05, 0.1) is 18.8 Å². The summed E-state index contributed by atoms with van der Waals surface area (Å²) in [6, 6.07) is -0.170. The van der Waals surface area contributed by atoms with Crippen molar-refractivity contribution in [3.05, 3.63) is 0 Å². The molecular formula is C20H39NO3. The van der Waals surface area contributed by atoms with Crippen LogP contribution >= 0.6 is 0 Å². The second-order valence-electron chi connectivity index (χ2n) is 7.29. The highest BCUT2D eigenvalue weighted by atomic mass is 16.6. The summed E-state index contributed by atoms with van der Waals surface area (Å²) in [5.74, 6) is -0.263. The van der Waals surface area contributed by atoms with Crippen molar-refractivity contribution in [3.63, 3.8) is 0 Å². The Morgan fingerprint density at radius 2 is 1.46 bits per heavy atom. The molecule has 3 atom stereocenters. The minimum absolute atomic E-state index is 0.00739. The molecule has 24 heavy (non-hydrogen) atoms. The molecule has 0 bridgehead atoms. The minimum atomic E-state index is -0.263. The number of esters is 1. The fourth-order valence-electron chi connectivity index (χ4n) is 3.49. The van der Waals surface area contributed by atoms with Crippen LogP contribution in [0.2, 0.25) is 0 Å². The van der Waals surface area contributed by atoms with Crippen LogP contribution in [0.15, 0.2) is 0 Å². The zero-order valence-corrected chi connectivity index (χ0v) is 15.9. The highest BCUT2D eigenvalue weighted by Gasteiger charge is 2.36. The lowest BCUT2D eigenvalue weighted by Gasteiger charge is -2.20. The van der Waals surface area contributed by atoms with E-state index in [2.05, 4.69) is 6.92 Å². The van der Waals surface area contributed by atoms with Crippen LogP contribution in [-0.2, 0) is 14.3 Å². The smallest absolute Gasteiger partial charge is 0.303 e. The lowest BCUT2D eigenvalue weighted by molar-refractivity contribution is -0.149. The Morgan fingerprint density at radius 1 is 0.958 bits per heavy atom. The molecule has 1 saturated heterocycles. The highest BCUT2D eigenvalue weighted by molar-refractivity contribution is 5.66. The molecule has 4 nitrogen and oxygen atoms in total. The highest BCUT2D eigenvalue weighted by Crippen LogP contribution is 2.22. The number of rotatable bonds is 14. The summed E-state index contributed by atoms with van der Waals surface area (Å²) in [5, 5.41) is 0. The number of ether oxygens (including phenoxy) is 2. The second-order valence-corrected chi connectivity index (χ2v) is 7.29. The van der Waals surface area contributed by atoms with Gasteiger partial charge in [-0.25, -0.2) is 0 Å². The maximum absolute atomic E-state index is 11.1. The third kappa shape index (κ3) is 9.63. The van der Waals surface area contributed by atoms with Gasteiger partial charge in [0.2, 0.25) is 0 Å². The van der Waals surface area contributed by atoms with E-state index in [1.165, 1.54) is 77.6 Å². The molecule has 1 fully saturated rings. The van der Waals surface area contributed by atoms with Crippen molar-refractivity contribution in [2.45, 2.75) is 116 Å². The summed E-state index contributed by atoms with van der Waals surface area (Å²) in [6.45, 7) is 4.20. The van der Waals surface area contributed by atoms with Gasteiger partial charge in [-0.3, -0.25) is 4.79 Å². The van der Waals surface area contributed by atoms with Crippen molar-refractivity contribution < 1.29 is 14.3 Å². The van der Waals surface area contributed by atoms with Gasteiger partial charge >= 0.3 is 5.97 Å². The fourth-order valence-corrected chi connectivity index (χ4v) is 3.49. The van der Waals surface area contributed by atoms with Gasteiger partial charge in [0.1, 0.15) is 6.10 Å². The molecule has 2 N–H and O–H groups in total. The van der Waals surface area contributed by atoms with Crippen molar-refractivity contribution in [1.29, 1.82) is 0 Å². The van der Waals surface area contributed by atoms with Crippen LogP contribution in [0.5, 0.6) is 0 Å².